The van der Waals surface area contributed by atoms with Gasteiger partial charge in [-0.15, -0.1) is 0 Å². The average molecular weight is 491 g/mol. The molecule has 0 saturated carbocycles. The minimum absolute atomic E-state index is 0.0102. The number of ether oxygens (including phenoxy) is 4. The Morgan fingerprint density at radius 2 is 1.97 bits per heavy atom. The Morgan fingerprint density at radius 1 is 1.16 bits per heavy atom. The smallest absolute Gasteiger partial charge is 0.349 e. The SMILES string of the molecule is CC(C)(C)c1ccc(OCC(=O)Oc2cccc(C(=O)OCC3CCCO3)c2)c(Br)c1. The zero-order valence-electron chi connectivity index (χ0n) is 18.0. The molecule has 0 bridgehead atoms. The van der Waals surface area contributed by atoms with E-state index in [4.69, 9.17) is 18.9 Å². The lowest BCUT2D eigenvalue weighted by Gasteiger charge is -2.20. The van der Waals surface area contributed by atoms with Gasteiger partial charge in [0.2, 0.25) is 0 Å². The number of carbonyl (C=O) groups is 2. The van der Waals surface area contributed by atoms with Crippen LogP contribution < -0.4 is 9.47 Å². The largest absolute Gasteiger partial charge is 0.481 e. The van der Waals surface area contributed by atoms with Crippen LogP contribution in [0.25, 0.3) is 0 Å². The molecular formula is C24H27BrO6. The highest BCUT2D eigenvalue weighted by molar-refractivity contribution is 9.10. The lowest BCUT2D eigenvalue weighted by atomic mass is 9.87. The fourth-order valence-corrected chi connectivity index (χ4v) is 3.59. The van der Waals surface area contributed by atoms with E-state index < -0.39 is 11.9 Å². The number of hydrogen-bond acceptors (Lipinski definition) is 6. The summed E-state index contributed by atoms with van der Waals surface area (Å²) in [6, 6.07) is 12.1. The van der Waals surface area contributed by atoms with Gasteiger partial charge in [0.1, 0.15) is 18.1 Å². The minimum Gasteiger partial charge on any atom is -0.481 e. The summed E-state index contributed by atoms with van der Waals surface area (Å²) in [6.45, 7) is 7.03. The van der Waals surface area contributed by atoms with Crippen LogP contribution in [0.3, 0.4) is 0 Å². The molecule has 1 aliphatic rings. The first-order chi connectivity index (χ1) is 14.7. The van der Waals surface area contributed by atoms with Crippen LogP contribution >= 0.6 is 15.9 Å². The second-order valence-electron chi connectivity index (χ2n) is 8.42. The van der Waals surface area contributed by atoms with Crippen LogP contribution in [0.1, 0.15) is 49.5 Å². The van der Waals surface area contributed by atoms with Crippen molar-refractivity contribution in [3.63, 3.8) is 0 Å². The summed E-state index contributed by atoms with van der Waals surface area (Å²) in [4.78, 5) is 24.4. The van der Waals surface area contributed by atoms with E-state index in [1.165, 1.54) is 6.07 Å². The number of benzene rings is 2. The predicted octanol–water partition coefficient (Wildman–Crippen LogP) is 5.07. The lowest BCUT2D eigenvalue weighted by Crippen LogP contribution is -2.19. The van der Waals surface area contributed by atoms with Gasteiger partial charge in [0.25, 0.3) is 0 Å². The molecule has 2 aromatic rings. The van der Waals surface area contributed by atoms with E-state index in [1.54, 1.807) is 18.2 Å². The van der Waals surface area contributed by atoms with Gasteiger partial charge in [-0.3, -0.25) is 0 Å². The van der Waals surface area contributed by atoms with Crippen molar-refractivity contribution >= 4 is 27.9 Å². The molecule has 0 N–H and O–H groups in total. The Bertz CT molecular complexity index is 928. The van der Waals surface area contributed by atoms with Crippen LogP contribution in [0.2, 0.25) is 0 Å². The predicted molar refractivity (Wildman–Crippen MR) is 120 cm³/mol. The highest BCUT2D eigenvalue weighted by Gasteiger charge is 2.19. The summed E-state index contributed by atoms with van der Waals surface area (Å²) in [5, 5.41) is 0. The van der Waals surface area contributed by atoms with Gasteiger partial charge >= 0.3 is 11.9 Å². The fourth-order valence-electron chi connectivity index (χ4n) is 3.10. The topological polar surface area (TPSA) is 71.1 Å². The molecule has 1 aliphatic heterocycles. The Hall–Kier alpha value is -2.38. The molecule has 1 unspecified atom stereocenters. The Balaban J connectivity index is 1.52. The number of carbonyl (C=O) groups excluding carboxylic acids is 2. The quantitative estimate of drug-likeness (QED) is 0.398. The van der Waals surface area contributed by atoms with Crippen molar-refractivity contribution in [1.29, 1.82) is 0 Å². The third kappa shape index (κ3) is 6.80. The van der Waals surface area contributed by atoms with Crippen LogP contribution in [0.5, 0.6) is 11.5 Å². The normalized spacial score (nSPS) is 16.1. The van der Waals surface area contributed by atoms with Gasteiger partial charge in [0, 0.05) is 6.61 Å². The molecule has 0 aliphatic carbocycles. The first-order valence-electron chi connectivity index (χ1n) is 10.2. The van der Waals surface area contributed by atoms with Gasteiger partial charge in [-0.05, 0) is 70.1 Å². The van der Waals surface area contributed by atoms with Gasteiger partial charge < -0.3 is 18.9 Å². The molecule has 6 nitrogen and oxygen atoms in total. The van der Waals surface area contributed by atoms with Gasteiger partial charge in [0.05, 0.1) is 16.1 Å². The van der Waals surface area contributed by atoms with E-state index in [-0.39, 0.29) is 30.5 Å². The van der Waals surface area contributed by atoms with Crippen molar-refractivity contribution in [2.75, 3.05) is 19.8 Å². The van der Waals surface area contributed by atoms with Crippen LogP contribution in [0, 0.1) is 0 Å². The van der Waals surface area contributed by atoms with Crippen molar-refractivity contribution in [3.8, 4) is 11.5 Å². The maximum atomic E-state index is 12.2. The molecule has 1 atom stereocenters. The van der Waals surface area contributed by atoms with E-state index in [9.17, 15) is 9.59 Å². The van der Waals surface area contributed by atoms with Gasteiger partial charge in [-0.2, -0.15) is 0 Å². The van der Waals surface area contributed by atoms with Crippen molar-refractivity contribution in [3.05, 3.63) is 58.1 Å². The molecule has 3 rings (SSSR count). The molecule has 0 amide bonds. The molecule has 0 spiro atoms. The molecule has 1 heterocycles. The van der Waals surface area contributed by atoms with Crippen molar-refractivity contribution in [1.82, 2.24) is 0 Å². The number of halogens is 1. The zero-order valence-corrected chi connectivity index (χ0v) is 19.6. The lowest BCUT2D eigenvalue weighted by molar-refractivity contribution is -0.136. The summed E-state index contributed by atoms with van der Waals surface area (Å²) in [7, 11) is 0. The Morgan fingerprint density at radius 3 is 2.65 bits per heavy atom. The first-order valence-corrected chi connectivity index (χ1v) is 11.0. The second-order valence-corrected chi connectivity index (χ2v) is 9.27. The van der Waals surface area contributed by atoms with Crippen LogP contribution in [0.15, 0.2) is 46.9 Å². The maximum absolute atomic E-state index is 12.2. The van der Waals surface area contributed by atoms with E-state index in [0.717, 1.165) is 22.9 Å². The van der Waals surface area contributed by atoms with Gasteiger partial charge in [-0.25, -0.2) is 9.59 Å². The Kier molecular flexibility index (Phi) is 7.73. The number of esters is 2. The highest BCUT2D eigenvalue weighted by atomic mass is 79.9. The molecule has 0 aromatic heterocycles. The van der Waals surface area contributed by atoms with E-state index in [2.05, 4.69) is 36.7 Å². The van der Waals surface area contributed by atoms with Crippen LogP contribution in [0.4, 0.5) is 0 Å². The molecular weight excluding hydrogens is 464 g/mol. The third-order valence-corrected chi connectivity index (χ3v) is 5.49. The minimum atomic E-state index is -0.573. The van der Waals surface area contributed by atoms with Gasteiger partial charge in [0.15, 0.2) is 6.61 Å². The molecule has 31 heavy (non-hydrogen) atoms. The molecule has 2 aromatic carbocycles. The van der Waals surface area contributed by atoms with Crippen molar-refractivity contribution < 1.29 is 28.5 Å². The van der Waals surface area contributed by atoms with Crippen LogP contribution in [-0.4, -0.2) is 37.9 Å². The number of rotatable bonds is 7. The summed E-state index contributed by atoms with van der Waals surface area (Å²) in [5.74, 6) is -0.247. The summed E-state index contributed by atoms with van der Waals surface area (Å²) < 4.78 is 22.4. The first kappa shape index (κ1) is 23.3. The van der Waals surface area contributed by atoms with E-state index in [0.29, 0.717) is 17.9 Å². The van der Waals surface area contributed by atoms with E-state index in [1.807, 2.05) is 18.2 Å². The summed E-state index contributed by atoms with van der Waals surface area (Å²) >= 11 is 3.48. The van der Waals surface area contributed by atoms with E-state index >= 15 is 0 Å². The summed E-state index contributed by atoms with van der Waals surface area (Å²) in [5.41, 5.74) is 1.47. The van der Waals surface area contributed by atoms with Crippen molar-refractivity contribution in [2.45, 2.75) is 45.1 Å². The molecule has 7 heteroatoms. The number of hydrogen-bond donors (Lipinski definition) is 0. The standard InChI is InChI=1S/C24H27BrO6/c1-24(2,3)17-9-10-21(20(25)13-17)29-15-22(26)31-18-7-4-6-16(12-18)23(27)30-14-19-8-5-11-28-19/h4,6-7,9-10,12-13,19H,5,8,11,14-15H2,1-3H3. The van der Waals surface area contributed by atoms with Crippen molar-refractivity contribution in [2.24, 2.45) is 0 Å². The third-order valence-electron chi connectivity index (χ3n) is 4.87. The average Bonchev–Trinajstić information content (AvgIpc) is 3.24. The maximum Gasteiger partial charge on any atom is 0.349 e. The molecule has 1 saturated heterocycles. The summed E-state index contributed by atoms with van der Waals surface area (Å²) in [6.07, 6.45) is 1.83. The second kappa shape index (κ2) is 10.3. The Labute approximate surface area is 191 Å². The monoisotopic (exact) mass is 490 g/mol. The molecule has 1 fully saturated rings. The van der Waals surface area contributed by atoms with Crippen LogP contribution in [-0.2, 0) is 19.7 Å². The molecule has 0 radical (unpaired) electrons. The highest BCUT2D eigenvalue weighted by Crippen LogP contribution is 2.31. The van der Waals surface area contributed by atoms with Gasteiger partial charge in [-0.1, -0.05) is 32.9 Å². The fraction of sp³-hybridized carbons (Fsp3) is 0.417. The zero-order chi connectivity index (χ0) is 22.4. The molecule has 166 valence electrons.